The number of nitrogens with one attached hydrogen (secondary N) is 2. The lowest BCUT2D eigenvalue weighted by atomic mass is 10.2. The van der Waals surface area contributed by atoms with E-state index in [4.69, 9.17) is 16.3 Å². The second kappa shape index (κ2) is 10.1. The van der Waals surface area contributed by atoms with Crippen molar-refractivity contribution in [2.45, 2.75) is 20.3 Å². The van der Waals surface area contributed by atoms with Gasteiger partial charge in [-0.05, 0) is 65.2 Å². The summed E-state index contributed by atoms with van der Waals surface area (Å²) in [5, 5.41) is 16.8. The number of hydrazone groups is 1. The number of benzene rings is 2. The van der Waals surface area contributed by atoms with E-state index >= 15 is 0 Å². The van der Waals surface area contributed by atoms with E-state index in [1.807, 2.05) is 6.92 Å². The molecular weight excluding hydrogens is 450 g/mol. The van der Waals surface area contributed by atoms with Crippen LogP contribution in [0.1, 0.15) is 24.5 Å². The number of phenols is 1. The average Bonchev–Trinajstić information content (AvgIpc) is 2.62. The number of carbonyl (C=O) groups is 2. The third-order valence-corrected chi connectivity index (χ3v) is 4.54. The molecule has 0 atom stereocenters. The monoisotopic (exact) mass is 467 g/mol. The van der Waals surface area contributed by atoms with E-state index in [1.54, 1.807) is 37.3 Å². The first kappa shape index (κ1) is 21.7. The number of amides is 2. The van der Waals surface area contributed by atoms with Crippen molar-refractivity contribution in [3.05, 3.63) is 51.0 Å². The molecule has 2 rings (SSSR count). The first-order chi connectivity index (χ1) is 13.3. The summed E-state index contributed by atoms with van der Waals surface area (Å²) < 4.78 is 5.75. The molecule has 0 aromatic heterocycles. The number of rotatable bonds is 7. The quantitative estimate of drug-likeness (QED) is 0.325. The van der Waals surface area contributed by atoms with Crippen LogP contribution >= 0.6 is 27.5 Å². The van der Waals surface area contributed by atoms with Crippen molar-refractivity contribution >= 4 is 51.2 Å². The van der Waals surface area contributed by atoms with Gasteiger partial charge in [0.25, 0.3) is 0 Å². The summed E-state index contributed by atoms with van der Waals surface area (Å²) in [6, 6.07) is 8.28. The number of halogens is 2. The van der Waals surface area contributed by atoms with Gasteiger partial charge in [-0.15, -0.1) is 0 Å². The van der Waals surface area contributed by atoms with Gasteiger partial charge in [-0.3, -0.25) is 9.59 Å². The molecule has 2 aromatic carbocycles. The number of hydrogen-bond acceptors (Lipinski definition) is 5. The molecule has 0 fully saturated rings. The van der Waals surface area contributed by atoms with Crippen LogP contribution in [0.4, 0.5) is 5.69 Å². The first-order valence-corrected chi connectivity index (χ1v) is 9.50. The largest absolute Gasteiger partial charge is 0.503 e. The Balaban J connectivity index is 1.91. The van der Waals surface area contributed by atoms with Gasteiger partial charge in [-0.1, -0.05) is 17.7 Å². The van der Waals surface area contributed by atoms with Gasteiger partial charge in [0.05, 0.1) is 17.3 Å². The van der Waals surface area contributed by atoms with Crippen molar-refractivity contribution in [1.82, 2.24) is 5.43 Å². The molecule has 28 heavy (non-hydrogen) atoms. The van der Waals surface area contributed by atoms with E-state index in [1.165, 1.54) is 6.21 Å². The standard InChI is InChI=1S/C19H19BrClN3O4/c1-3-28-16-7-12(6-14(20)19(16)27)10-22-24-18(26)9-17(25)23-13-5-4-11(2)15(21)8-13/h4-8,10,27H,3,9H2,1-2H3,(H,23,25)(H,24,26)/b22-10+. The van der Waals surface area contributed by atoms with Crippen LogP contribution in [-0.2, 0) is 9.59 Å². The van der Waals surface area contributed by atoms with E-state index in [0.29, 0.717) is 33.1 Å². The lowest BCUT2D eigenvalue weighted by Crippen LogP contribution is -2.24. The maximum absolute atomic E-state index is 11.9. The highest BCUT2D eigenvalue weighted by atomic mass is 79.9. The number of carbonyl (C=O) groups excluding carboxylic acids is 2. The number of nitrogens with zero attached hydrogens (tertiary/aromatic N) is 1. The Morgan fingerprint density at radius 2 is 2.04 bits per heavy atom. The van der Waals surface area contributed by atoms with Crippen LogP contribution in [0, 0.1) is 6.92 Å². The second-order valence-electron chi connectivity index (χ2n) is 5.76. The Morgan fingerprint density at radius 3 is 2.71 bits per heavy atom. The number of phenolic OH excluding ortho intramolecular Hbond substituents is 1. The summed E-state index contributed by atoms with van der Waals surface area (Å²) in [4.78, 5) is 23.8. The number of aromatic hydroxyl groups is 1. The fourth-order valence-electron chi connectivity index (χ4n) is 2.17. The van der Waals surface area contributed by atoms with Crippen molar-refractivity contribution in [3.63, 3.8) is 0 Å². The zero-order valence-electron chi connectivity index (χ0n) is 15.3. The highest BCUT2D eigenvalue weighted by Gasteiger charge is 2.11. The number of aryl methyl sites for hydroxylation is 1. The molecule has 148 valence electrons. The molecular formula is C19H19BrClN3O4. The third kappa shape index (κ3) is 6.24. The Morgan fingerprint density at radius 1 is 1.29 bits per heavy atom. The highest BCUT2D eigenvalue weighted by molar-refractivity contribution is 9.10. The second-order valence-corrected chi connectivity index (χ2v) is 7.03. The van der Waals surface area contributed by atoms with Crippen LogP contribution < -0.4 is 15.5 Å². The summed E-state index contributed by atoms with van der Waals surface area (Å²) >= 11 is 9.22. The molecule has 2 aromatic rings. The summed E-state index contributed by atoms with van der Waals surface area (Å²) in [5.41, 5.74) is 4.27. The topological polar surface area (TPSA) is 100 Å². The van der Waals surface area contributed by atoms with Gasteiger partial charge in [-0.2, -0.15) is 5.10 Å². The lowest BCUT2D eigenvalue weighted by molar-refractivity contribution is -0.126. The molecule has 0 bridgehead atoms. The molecule has 7 nitrogen and oxygen atoms in total. The zero-order valence-corrected chi connectivity index (χ0v) is 17.6. The summed E-state index contributed by atoms with van der Waals surface area (Å²) in [5.74, 6) is -0.787. The molecule has 0 aliphatic heterocycles. The summed E-state index contributed by atoms with van der Waals surface area (Å²) in [6.07, 6.45) is 0.981. The predicted octanol–water partition coefficient (Wildman–Crippen LogP) is 3.99. The van der Waals surface area contributed by atoms with Crippen LogP contribution in [0.15, 0.2) is 39.9 Å². The minimum atomic E-state index is -0.574. The predicted molar refractivity (Wildman–Crippen MR) is 112 cm³/mol. The Kier molecular flexibility index (Phi) is 7.83. The maximum atomic E-state index is 11.9. The molecule has 0 saturated heterocycles. The number of anilines is 1. The van der Waals surface area contributed by atoms with Crippen molar-refractivity contribution in [1.29, 1.82) is 0 Å². The van der Waals surface area contributed by atoms with Gasteiger partial charge in [-0.25, -0.2) is 5.43 Å². The molecule has 9 heteroatoms. The minimum Gasteiger partial charge on any atom is -0.503 e. The first-order valence-electron chi connectivity index (χ1n) is 8.33. The molecule has 0 aliphatic carbocycles. The molecule has 0 spiro atoms. The molecule has 0 aliphatic rings. The van der Waals surface area contributed by atoms with Crippen molar-refractivity contribution in [3.8, 4) is 11.5 Å². The van der Waals surface area contributed by atoms with Crippen molar-refractivity contribution < 1.29 is 19.4 Å². The van der Waals surface area contributed by atoms with E-state index < -0.39 is 18.2 Å². The maximum Gasteiger partial charge on any atom is 0.249 e. The van der Waals surface area contributed by atoms with Crippen LogP contribution in [0.2, 0.25) is 5.02 Å². The van der Waals surface area contributed by atoms with E-state index in [2.05, 4.69) is 31.8 Å². The van der Waals surface area contributed by atoms with Crippen LogP contribution in [0.5, 0.6) is 11.5 Å². The van der Waals surface area contributed by atoms with Crippen molar-refractivity contribution in [2.75, 3.05) is 11.9 Å². The Bertz CT molecular complexity index is 918. The minimum absolute atomic E-state index is 0.0177. The molecule has 0 radical (unpaired) electrons. The molecule has 2 amide bonds. The molecule has 0 heterocycles. The lowest BCUT2D eigenvalue weighted by Gasteiger charge is -2.08. The SMILES string of the molecule is CCOc1cc(/C=N/NC(=O)CC(=O)Nc2ccc(C)c(Cl)c2)cc(Br)c1O. The normalized spacial score (nSPS) is 10.7. The molecule has 0 unspecified atom stereocenters. The van der Waals surface area contributed by atoms with E-state index in [-0.39, 0.29) is 5.75 Å². The highest BCUT2D eigenvalue weighted by Crippen LogP contribution is 2.35. The summed E-state index contributed by atoms with van der Waals surface area (Å²) in [6.45, 7) is 4.03. The number of ether oxygens (including phenoxy) is 1. The van der Waals surface area contributed by atoms with Gasteiger partial charge in [0.2, 0.25) is 11.8 Å². The van der Waals surface area contributed by atoms with E-state index in [9.17, 15) is 14.7 Å². The third-order valence-electron chi connectivity index (χ3n) is 3.53. The number of hydrogen-bond donors (Lipinski definition) is 3. The van der Waals surface area contributed by atoms with Gasteiger partial charge in [0, 0.05) is 10.7 Å². The average molecular weight is 469 g/mol. The van der Waals surface area contributed by atoms with Crippen LogP contribution in [0.25, 0.3) is 0 Å². The van der Waals surface area contributed by atoms with Gasteiger partial charge >= 0.3 is 0 Å². The molecule has 0 saturated carbocycles. The Labute approximate surface area is 175 Å². The fourth-order valence-corrected chi connectivity index (χ4v) is 2.81. The fraction of sp³-hybridized carbons (Fsp3) is 0.211. The van der Waals surface area contributed by atoms with Crippen LogP contribution in [0.3, 0.4) is 0 Å². The smallest absolute Gasteiger partial charge is 0.249 e. The summed E-state index contributed by atoms with van der Waals surface area (Å²) in [7, 11) is 0. The Hall–Kier alpha value is -2.58. The zero-order chi connectivity index (χ0) is 20.7. The van der Waals surface area contributed by atoms with Gasteiger partial charge < -0.3 is 15.2 Å². The van der Waals surface area contributed by atoms with E-state index in [0.717, 1.165) is 5.56 Å². The van der Waals surface area contributed by atoms with Crippen molar-refractivity contribution in [2.24, 2.45) is 5.10 Å². The van der Waals surface area contributed by atoms with Gasteiger partial charge in [0.15, 0.2) is 11.5 Å². The van der Waals surface area contributed by atoms with Crippen LogP contribution in [-0.4, -0.2) is 29.7 Å². The van der Waals surface area contributed by atoms with Gasteiger partial charge in [0.1, 0.15) is 6.42 Å². The molecule has 3 N–H and O–H groups in total.